The Morgan fingerprint density at radius 2 is 2.22 bits per heavy atom. The van der Waals surface area contributed by atoms with Crippen LogP contribution in [0.2, 0.25) is 0 Å². The first-order chi connectivity index (χ1) is 4.39. The SMILES string of the molecule is CCC1CCC2C3CC123. The smallest absolute Gasteiger partial charge is 0.0204 e. The van der Waals surface area contributed by atoms with Crippen molar-refractivity contribution in [3.05, 3.63) is 0 Å². The fourth-order valence-corrected chi connectivity index (χ4v) is 3.56. The van der Waals surface area contributed by atoms with E-state index >= 15 is 0 Å². The van der Waals surface area contributed by atoms with Gasteiger partial charge in [-0.2, -0.15) is 0 Å². The molecule has 3 aliphatic rings. The standard InChI is InChI=1S/C9H14/c1-2-6-3-4-7-8-5-9(6,7)8/h6-8H,2-5H2,1H3. The van der Waals surface area contributed by atoms with Crippen LogP contribution in [0.5, 0.6) is 0 Å². The fraction of sp³-hybridized carbons (Fsp3) is 1.00. The van der Waals surface area contributed by atoms with E-state index in [-0.39, 0.29) is 0 Å². The molecule has 0 saturated heterocycles. The first-order valence-electron chi connectivity index (χ1n) is 4.39. The Bertz CT molecular complexity index is 161. The van der Waals surface area contributed by atoms with Crippen LogP contribution in [-0.2, 0) is 0 Å². The minimum Gasteiger partial charge on any atom is -0.0651 e. The van der Waals surface area contributed by atoms with Gasteiger partial charge in [0.25, 0.3) is 0 Å². The topological polar surface area (TPSA) is 0 Å². The summed E-state index contributed by atoms with van der Waals surface area (Å²) in [4.78, 5) is 0. The second kappa shape index (κ2) is 1.09. The third kappa shape index (κ3) is 0.320. The van der Waals surface area contributed by atoms with E-state index in [4.69, 9.17) is 0 Å². The highest BCUT2D eigenvalue weighted by Gasteiger charge is 2.82. The van der Waals surface area contributed by atoms with Gasteiger partial charge in [0.1, 0.15) is 0 Å². The Morgan fingerprint density at radius 1 is 1.33 bits per heavy atom. The molecule has 0 nitrogen and oxygen atoms in total. The third-order valence-electron chi connectivity index (χ3n) is 4.25. The number of fused-ring (bicyclic) bond motifs is 1. The minimum atomic E-state index is 0.995. The van der Waals surface area contributed by atoms with Crippen molar-refractivity contribution in [1.29, 1.82) is 0 Å². The number of hydrogen-bond acceptors (Lipinski definition) is 0. The van der Waals surface area contributed by atoms with Gasteiger partial charge in [-0.25, -0.2) is 0 Å². The summed E-state index contributed by atoms with van der Waals surface area (Å²) in [5.74, 6) is 3.64. The van der Waals surface area contributed by atoms with Crippen LogP contribution >= 0.6 is 0 Å². The predicted octanol–water partition coefficient (Wildman–Crippen LogP) is 2.44. The lowest BCUT2D eigenvalue weighted by atomic mass is 9.96. The molecule has 50 valence electrons. The lowest BCUT2D eigenvalue weighted by molar-refractivity contribution is 0.402. The average molecular weight is 122 g/mol. The summed E-state index contributed by atoms with van der Waals surface area (Å²) in [7, 11) is 0. The number of rotatable bonds is 1. The molecule has 0 heteroatoms. The Labute approximate surface area is 56.6 Å². The normalized spacial score (nSPS) is 67.0. The minimum absolute atomic E-state index is 0.995. The van der Waals surface area contributed by atoms with Gasteiger partial charge in [-0.15, -0.1) is 0 Å². The van der Waals surface area contributed by atoms with Crippen molar-refractivity contribution in [2.45, 2.75) is 32.6 Å². The zero-order chi connectivity index (χ0) is 6.06. The first kappa shape index (κ1) is 4.76. The van der Waals surface area contributed by atoms with Crippen LogP contribution in [0.4, 0.5) is 0 Å². The van der Waals surface area contributed by atoms with Crippen molar-refractivity contribution in [1.82, 2.24) is 0 Å². The first-order valence-corrected chi connectivity index (χ1v) is 4.39. The maximum absolute atomic E-state index is 2.37. The van der Waals surface area contributed by atoms with Crippen molar-refractivity contribution in [3.63, 3.8) is 0 Å². The molecule has 9 heavy (non-hydrogen) atoms. The van der Waals surface area contributed by atoms with E-state index in [1.807, 2.05) is 0 Å². The molecule has 3 saturated carbocycles. The van der Waals surface area contributed by atoms with Gasteiger partial charge in [0.15, 0.2) is 0 Å². The van der Waals surface area contributed by atoms with Crippen molar-refractivity contribution in [2.75, 3.05) is 0 Å². The van der Waals surface area contributed by atoms with Gasteiger partial charge in [0.2, 0.25) is 0 Å². The third-order valence-corrected chi connectivity index (χ3v) is 4.25. The molecule has 0 bridgehead atoms. The lowest BCUT2D eigenvalue weighted by Gasteiger charge is -2.09. The van der Waals surface area contributed by atoms with E-state index < -0.39 is 0 Å². The molecule has 4 unspecified atom stereocenters. The molecular formula is C9H14. The van der Waals surface area contributed by atoms with Gasteiger partial charge < -0.3 is 0 Å². The van der Waals surface area contributed by atoms with E-state index in [0.717, 1.165) is 11.3 Å². The van der Waals surface area contributed by atoms with E-state index in [1.165, 1.54) is 18.3 Å². The molecule has 3 rings (SSSR count). The van der Waals surface area contributed by atoms with Crippen molar-refractivity contribution >= 4 is 0 Å². The van der Waals surface area contributed by atoms with Gasteiger partial charge >= 0.3 is 0 Å². The summed E-state index contributed by atoms with van der Waals surface area (Å²) in [5.41, 5.74) is 0.995. The monoisotopic (exact) mass is 122 g/mol. The Morgan fingerprint density at radius 3 is 2.56 bits per heavy atom. The number of hydrogen-bond donors (Lipinski definition) is 0. The van der Waals surface area contributed by atoms with Crippen LogP contribution in [-0.4, -0.2) is 0 Å². The molecule has 1 spiro atoms. The second-order valence-electron chi connectivity index (χ2n) is 4.21. The van der Waals surface area contributed by atoms with Crippen LogP contribution in [0.1, 0.15) is 32.6 Å². The highest BCUT2D eigenvalue weighted by atomic mass is 14.9. The van der Waals surface area contributed by atoms with E-state index in [1.54, 1.807) is 19.3 Å². The molecule has 0 aliphatic heterocycles. The molecule has 4 atom stereocenters. The lowest BCUT2D eigenvalue weighted by Crippen LogP contribution is -2.01. The fourth-order valence-electron chi connectivity index (χ4n) is 3.56. The van der Waals surface area contributed by atoms with E-state index in [0.29, 0.717) is 0 Å². The zero-order valence-electron chi connectivity index (χ0n) is 6.06. The average Bonchev–Trinajstić information content (AvgIpc) is 2.64. The van der Waals surface area contributed by atoms with Crippen LogP contribution in [0.15, 0.2) is 0 Å². The van der Waals surface area contributed by atoms with Crippen molar-refractivity contribution in [3.8, 4) is 0 Å². The Balaban J connectivity index is 1.90. The van der Waals surface area contributed by atoms with Crippen molar-refractivity contribution < 1.29 is 0 Å². The zero-order valence-corrected chi connectivity index (χ0v) is 6.06. The summed E-state index contributed by atoms with van der Waals surface area (Å²) >= 11 is 0. The van der Waals surface area contributed by atoms with Gasteiger partial charge in [-0.3, -0.25) is 0 Å². The summed E-state index contributed by atoms with van der Waals surface area (Å²) in [6.07, 6.45) is 6.24. The predicted molar refractivity (Wildman–Crippen MR) is 37.0 cm³/mol. The van der Waals surface area contributed by atoms with Crippen LogP contribution in [0.25, 0.3) is 0 Å². The Hall–Kier alpha value is 0. The van der Waals surface area contributed by atoms with Gasteiger partial charge in [-0.05, 0) is 42.4 Å². The molecule has 0 N–H and O–H groups in total. The summed E-state index contributed by atoms with van der Waals surface area (Å²) in [6, 6.07) is 0. The molecule has 0 heterocycles. The highest BCUT2D eigenvalue weighted by molar-refractivity contribution is 5.30. The molecule has 0 aromatic carbocycles. The Kier molecular flexibility index (Phi) is 0.574. The van der Waals surface area contributed by atoms with E-state index in [9.17, 15) is 0 Å². The second-order valence-corrected chi connectivity index (χ2v) is 4.21. The quantitative estimate of drug-likeness (QED) is 0.501. The van der Waals surface area contributed by atoms with Crippen molar-refractivity contribution in [2.24, 2.45) is 23.2 Å². The molecule has 3 aliphatic carbocycles. The molecule has 0 aromatic heterocycles. The molecular weight excluding hydrogens is 108 g/mol. The van der Waals surface area contributed by atoms with Crippen LogP contribution < -0.4 is 0 Å². The maximum Gasteiger partial charge on any atom is -0.0204 e. The summed E-state index contributed by atoms with van der Waals surface area (Å²) in [6.45, 7) is 2.37. The molecule has 3 fully saturated rings. The molecule has 0 amide bonds. The van der Waals surface area contributed by atoms with Gasteiger partial charge in [0, 0.05) is 0 Å². The summed E-state index contributed by atoms with van der Waals surface area (Å²) < 4.78 is 0. The van der Waals surface area contributed by atoms with Crippen LogP contribution in [0.3, 0.4) is 0 Å². The van der Waals surface area contributed by atoms with Gasteiger partial charge in [0.05, 0.1) is 0 Å². The summed E-state index contributed by atoms with van der Waals surface area (Å²) in [5, 5.41) is 0. The highest BCUT2D eigenvalue weighted by Crippen LogP contribution is 2.88. The maximum atomic E-state index is 2.37. The molecule has 0 aromatic rings. The largest absolute Gasteiger partial charge is 0.0651 e. The van der Waals surface area contributed by atoms with Crippen LogP contribution in [0, 0.1) is 23.2 Å². The van der Waals surface area contributed by atoms with E-state index in [2.05, 4.69) is 6.92 Å². The van der Waals surface area contributed by atoms with Gasteiger partial charge in [-0.1, -0.05) is 13.3 Å². The molecule has 0 radical (unpaired) electrons.